The first kappa shape index (κ1) is 15.9. The molecule has 0 aliphatic carbocycles. The van der Waals surface area contributed by atoms with E-state index < -0.39 is 0 Å². The number of aromatic nitrogens is 1. The zero-order valence-electron chi connectivity index (χ0n) is 13.6. The third-order valence-electron chi connectivity index (χ3n) is 3.97. The van der Waals surface area contributed by atoms with Crippen LogP contribution >= 0.6 is 11.3 Å². The highest BCUT2D eigenvalue weighted by atomic mass is 32.1. The van der Waals surface area contributed by atoms with Crippen molar-refractivity contribution in [3.63, 3.8) is 0 Å². The summed E-state index contributed by atoms with van der Waals surface area (Å²) >= 11 is 1.84. The van der Waals surface area contributed by atoms with Gasteiger partial charge in [0.25, 0.3) is 0 Å². The van der Waals surface area contributed by atoms with Crippen LogP contribution in [0.4, 0.5) is 0 Å². The van der Waals surface area contributed by atoms with E-state index in [4.69, 9.17) is 0 Å². The van der Waals surface area contributed by atoms with Crippen LogP contribution in [0.15, 0.2) is 6.20 Å². The van der Waals surface area contributed by atoms with Crippen molar-refractivity contribution in [3.8, 4) is 0 Å². The number of hydrogen-bond acceptors (Lipinski definition) is 4. The maximum absolute atomic E-state index is 4.54. The Hall–Kier alpha value is -0.450. The molecule has 0 bridgehead atoms. The molecule has 0 saturated carbocycles. The second-order valence-corrected chi connectivity index (χ2v) is 8.37. The number of nitrogens with one attached hydrogen (secondary N) is 1. The fourth-order valence-corrected chi connectivity index (χ4v) is 3.57. The minimum Gasteiger partial charge on any atom is -0.311 e. The molecule has 2 rings (SSSR count). The Balaban J connectivity index is 1.73. The quantitative estimate of drug-likeness (QED) is 0.904. The van der Waals surface area contributed by atoms with Gasteiger partial charge >= 0.3 is 0 Å². The first-order valence-electron chi connectivity index (χ1n) is 7.76. The molecular formula is C16H29N3S. The topological polar surface area (TPSA) is 28.2 Å². The second-order valence-electron chi connectivity index (χ2n) is 7.26. The molecule has 0 spiro atoms. The maximum atomic E-state index is 4.54. The summed E-state index contributed by atoms with van der Waals surface area (Å²) in [6, 6.07) is 0.691. The molecule has 2 heterocycles. The molecule has 0 aromatic carbocycles. The Morgan fingerprint density at radius 1 is 1.45 bits per heavy atom. The summed E-state index contributed by atoms with van der Waals surface area (Å²) in [6.07, 6.45) is 3.37. The van der Waals surface area contributed by atoms with Crippen molar-refractivity contribution in [1.82, 2.24) is 15.2 Å². The van der Waals surface area contributed by atoms with Crippen LogP contribution < -0.4 is 5.32 Å². The van der Waals surface area contributed by atoms with Gasteiger partial charge in [-0.25, -0.2) is 4.98 Å². The summed E-state index contributed by atoms with van der Waals surface area (Å²) in [4.78, 5) is 8.48. The lowest BCUT2D eigenvalue weighted by atomic mass is 9.98. The molecule has 0 amide bonds. The van der Waals surface area contributed by atoms with E-state index in [0.717, 1.165) is 19.0 Å². The lowest BCUT2D eigenvalue weighted by Crippen LogP contribution is -2.30. The van der Waals surface area contributed by atoms with Crippen molar-refractivity contribution < 1.29 is 0 Å². The molecule has 20 heavy (non-hydrogen) atoms. The van der Waals surface area contributed by atoms with Crippen LogP contribution in [-0.2, 0) is 12.0 Å². The smallest absolute Gasteiger partial charge is 0.0981 e. The molecule has 1 aliphatic heterocycles. The number of likely N-dealkylation sites (tertiary alicyclic amines) is 1. The minimum absolute atomic E-state index is 0.173. The average molecular weight is 295 g/mol. The Morgan fingerprint density at radius 3 is 2.75 bits per heavy atom. The molecule has 1 saturated heterocycles. The largest absolute Gasteiger partial charge is 0.311 e. The molecule has 0 radical (unpaired) electrons. The highest BCUT2D eigenvalue weighted by molar-refractivity contribution is 7.11. The van der Waals surface area contributed by atoms with Gasteiger partial charge in [0.05, 0.1) is 5.01 Å². The van der Waals surface area contributed by atoms with Gasteiger partial charge in [-0.15, -0.1) is 11.3 Å². The van der Waals surface area contributed by atoms with Gasteiger partial charge in [-0.3, -0.25) is 0 Å². The van der Waals surface area contributed by atoms with Crippen LogP contribution in [0.5, 0.6) is 0 Å². The van der Waals surface area contributed by atoms with Gasteiger partial charge in [0, 0.05) is 35.6 Å². The standard InChI is InChI=1S/C16H29N3S/c1-12(2)19-7-6-13(11-19)8-17-9-14-10-18-15(20-14)16(3,4)5/h10,12-13,17H,6-9,11H2,1-5H3. The van der Waals surface area contributed by atoms with Gasteiger partial charge in [-0.2, -0.15) is 0 Å². The van der Waals surface area contributed by atoms with Crippen LogP contribution in [0.25, 0.3) is 0 Å². The van der Waals surface area contributed by atoms with Crippen molar-refractivity contribution in [2.75, 3.05) is 19.6 Å². The van der Waals surface area contributed by atoms with E-state index in [2.05, 4.69) is 49.8 Å². The van der Waals surface area contributed by atoms with Crippen molar-refractivity contribution in [3.05, 3.63) is 16.1 Å². The fourth-order valence-electron chi connectivity index (χ4n) is 2.63. The number of hydrogen-bond donors (Lipinski definition) is 1. The van der Waals surface area contributed by atoms with Crippen LogP contribution in [0.2, 0.25) is 0 Å². The first-order chi connectivity index (χ1) is 9.36. The summed E-state index contributed by atoms with van der Waals surface area (Å²) in [6.45, 7) is 15.9. The number of thiazole rings is 1. The van der Waals surface area contributed by atoms with E-state index in [-0.39, 0.29) is 5.41 Å². The van der Waals surface area contributed by atoms with Gasteiger partial charge in [-0.1, -0.05) is 20.8 Å². The first-order valence-corrected chi connectivity index (χ1v) is 8.58. The van der Waals surface area contributed by atoms with Crippen LogP contribution in [0.3, 0.4) is 0 Å². The van der Waals surface area contributed by atoms with E-state index in [1.807, 2.05) is 17.5 Å². The monoisotopic (exact) mass is 295 g/mol. The van der Waals surface area contributed by atoms with Gasteiger partial charge in [0.2, 0.25) is 0 Å². The van der Waals surface area contributed by atoms with E-state index >= 15 is 0 Å². The van der Waals surface area contributed by atoms with E-state index in [0.29, 0.717) is 6.04 Å². The molecule has 3 nitrogen and oxygen atoms in total. The molecule has 1 aromatic heterocycles. The molecule has 1 aliphatic rings. The SMILES string of the molecule is CC(C)N1CCC(CNCc2cnc(C(C)(C)C)s2)C1. The Bertz CT molecular complexity index is 420. The highest BCUT2D eigenvalue weighted by Gasteiger charge is 2.23. The van der Waals surface area contributed by atoms with E-state index in [1.165, 1.54) is 29.4 Å². The van der Waals surface area contributed by atoms with Crippen molar-refractivity contribution in [2.24, 2.45) is 5.92 Å². The molecule has 1 aromatic rings. The maximum Gasteiger partial charge on any atom is 0.0981 e. The summed E-state index contributed by atoms with van der Waals surface area (Å²) in [5.41, 5.74) is 0.173. The summed E-state index contributed by atoms with van der Waals surface area (Å²) in [5, 5.41) is 4.85. The lowest BCUT2D eigenvalue weighted by molar-refractivity contribution is 0.264. The number of nitrogens with zero attached hydrogens (tertiary/aromatic N) is 2. The van der Waals surface area contributed by atoms with Crippen molar-refractivity contribution in [1.29, 1.82) is 0 Å². The predicted octanol–water partition coefficient (Wildman–Crippen LogP) is 3.26. The summed E-state index contributed by atoms with van der Waals surface area (Å²) in [5.74, 6) is 0.812. The Kier molecular flexibility index (Phi) is 5.21. The zero-order valence-corrected chi connectivity index (χ0v) is 14.4. The van der Waals surface area contributed by atoms with E-state index in [1.54, 1.807) is 0 Å². The van der Waals surface area contributed by atoms with Crippen LogP contribution in [-0.4, -0.2) is 35.6 Å². The normalized spacial score (nSPS) is 21.0. The van der Waals surface area contributed by atoms with Gasteiger partial charge in [0.15, 0.2) is 0 Å². The predicted molar refractivity (Wildman–Crippen MR) is 87.3 cm³/mol. The molecular weight excluding hydrogens is 266 g/mol. The number of rotatable bonds is 5. The van der Waals surface area contributed by atoms with Crippen molar-refractivity contribution >= 4 is 11.3 Å². The van der Waals surface area contributed by atoms with Crippen molar-refractivity contribution in [2.45, 2.75) is 59.0 Å². The fraction of sp³-hybridized carbons (Fsp3) is 0.812. The molecule has 4 heteroatoms. The summed E-state index contributed by atoms with van der Waals surface area (Å²) in [7, 11) is 0. The molecule has 1 atom stereocenters. The third-order valence-corrected chi connectivity index (χ3v) is 5.40. The summed E-state index contributed by atoms with van der Waals surface area (Å²) < 4.78 is 0. The van der Waals surface area contributed by atoms with Gasteiger partial charge in [-0.05, 0) is 39.3 Å². The van der Waals surface area contributed by atoms with E-state index in [9.17, 15) is 0 Å². The van der Waals surface area contributed by atoms with Gasteiger partial charge < -0.3 is 10.2 Å². The average Bonchev–Trinajstić information content (AvgIpc) is 2.96. The van der Waals surface area contributed by atoms with Crippen LogP contribution in [0, 0.1) is 5.92 Å². The Morgan fingerprint density at radius 2 is 2.20 bits per heavy atom. The second kappa shape index (κ2) is 6.54. The minimum atomic E-state index is 0.173. The van der Waals surface area contributed by atoms with Gasteiger partial charge in [0.1, 0.15) is 0 Å². The van der Waals surface area contributed by atoms with Crippen LogP contribution in [0.1, 0.15) is 50.9 Å². The Labute approximate surface area is 127 Å². The molecule has 1 fully saturated rings. The molecule has 1 N–H and O–H groups in total. The molecule has 114 valence electrons. The third kappa shape index (κ3) is 4.27. The zero-order chi connectivity index (χ0) is 14.8. The lowest BCUT2D eigenvalue weighted by Gasteiger charge is -2.20. The highest BCUT2D eigenvalue weighted by Crippen LogP contribution is 2.26. The molecule has 1 unspecified atom stereocenters.